The lowest BCUT2D eigenvalue weighted by atomic mass is 9.78. The lowest BCUT2D eigenvalue weighted by Crippen LogP contribution is -2.49. The molecule has 0 spiro atoms. The fourth-order valence-electron chi connectivity index (χ4n) is 3.48. The number of esters is 1. The first-order chi connectivity index (χ1) is 10.1. The van der Waals surface area contributed by atoms with E-state index < -0.39 is 5.60 Å². The zero-order chi connectivity index (χ0) is 14.9. The standard InChI is InChI=1S/C17H23NO3/c1-13-11-15(16(19)21-13)17(20)7-9-18(10-8-17)12-14-5-3-2-4-6-14/h2-6,13,15,20H,7-12H2,1H3. The van der Waals surface area contributed by atoms with Gasteiger partial charge in [0.2, 0.25) is 0 Å². The van der Waals surface area contributed by atoms with Gasteiger partial charge in [-0.25, -0.2) is 0 Å². The predicted molar refractivity (Wildman–Crippen MR) is 79.6 cm³/mol. The van der Waals surface area contributed by atoms with Crippen LogP contribution >= 0.6 is 0 Å². The summed E-state index contributed by atoms with van der Waals surface area (Å²) in [4.78, 5) is 14.2. The molecular weight excluding hydrogens is 266 g/mol. The molecule has 2 aliphatic rings. The highest BCUT2D eigenvalue weighted by molar-refractivity contribution is 5.76. The molecule has 0 saturated carbocycles. The summed E-state index contributed by atoms with van der Waals surface area (Å²) in [5.74, 6) is -0.562. The van der Waals surface area contributed by atoms with Crippen LogP contribution in [0.5, 0.6) is 0 Å². The number of cyclic esters (lactones) is 1. The minimum absolute atomic E-state index is 0.0612. The smallest absolute Gasteiger partial charge is 0.312 e. The number of benzene rings is 1. The van der Waals surface area contributed by atoms with E-state index in [0.717, 1.165) is 19.6 Å². The van der Waals surface area contributed by atoms with Crippen LogP contribution in [-0.4, -0.2) is 40.8 Å². The van der Waals surface area contributed by atoms with Crippen LogP contribution in [0.25, 0.3) is 0 Å². The van der Waals surface area contributed by atoms with Crippen LogP contribution in [0, 0.1) is 5.92 Å². The molecule has 21 heavy (non-hydrogen) atoms. The fraction of sp³-hybridized carbons (Fsp3) is 0.588. The molecule has 4 heteroatoms. The summed E-state index contributed by atoms with van der Waals surface area (Å²) in [6.07, 6.45) is 1.88. The second kappa shape index (κ2) is 5.78. The summed E-state index contributed by atoms with van der Waals surface area (Å²) in [5, 5.41) is 10.8. The maximum atomic E-state index is 11.9. The molecule has 3 rings (SSSR count). The molecule has 1 N–H and O–H groups in total. The number of carbonyl (C=O) groups is 1. The van der Waals surface area contributed by atoms with Gasteiger partial charge in [-0.05, 0) is 25.3 Å². The molecule has 2 unspecified atom stereocenters. The van der Waals surface area contributed by atoms with Crippen LogP contribution in [0.3, 0.4) is 0 Å². The van der Waals surface area contributed by atoms with E-state index >= 15 is 0 Å². The van der Waals surface area contributed by atoms with Gasteiger partial charge in [0.25, 0.3) is 0 Å². The van der Waals surface area contributed by atoms with Gasteiger partial charge in [-0.2, -0.15) is 0 Å². The van der Waals surface area contributed by atoms with Crippen LogP contribution in [-0.2, 0) is 16.1 Å². The number of nitrogens with zero attached hydrogens (tertiary/aromatic N) is 1. The Hall–Kier alpha value is -1.39. The number of rotatable bonds is 3. The Labute approximate surface area is 125 Å². The SMILES string of the molecule is CC1CC(C2(O)CCN(Cc3ccccc3)CC2)C(=O)O1. The van der Waals surface area contributed by atoms with Crippen LogP contribution < -0.4 is 0 Å². The average molecular weight is 289 g/mol. The third-order valence-electron chi connectivity index (χ3n) is 4.79. The largest absolute Gasteiger partial charge is 0.462 e. The average Bonchev–Trinajstić information content (AvgIpc) is 2.82. The lowest BCUT2D eigenvalue weighted by Gasteiger charge is -2.40. The van der Waals surface area contributed by atoms with Gasteiger partial charge in [0.05, 0.1) is 17.6 Å². The molecular formula is C17H23NO3. The Bertz CT molecular complexity index is 494. The summed E-state index contributed by atoms with van der Waals surface area (Å²) in [7, 11) is 0. The number of hydrogen-bond acceptors (Lipinski definition) is 4. The molecule has 2 fully saturated rings. The molecule has 2 aliphatic heterocycles. The van der Waals surface area contributed by atoms with E-state index in [2.05, 4.69) is 17.0 Å². The van der Waals surface area contributed by atoms with Crippen molar-refractivity contribution in [1.29, 1.82) is 0 Å². The first kappa shape index (κ1) is 14.5. The molecule has 0 bridgehead atoms. The number of aliphatic hydroxyl groups is 1. The van der Waals surface area contributed by atoms with Crippen molar-refractivity contribution in [3.05, 3.63) is 35.9 Å². The Balaban J connectivity index is 1.58. The zero-order valence-corrected chi connectivity index (χ0v) is 12.5. The predicted octanol–water partition coefficient (Wildman–Crippen LogP) is 1.97. The zero-order valence-electron chi connectivity index (χ0n) is 12.5. The molecule has 0 radical (unpaired) electrons. The van der Waals surface area contributed by atoms with E-state index in [1.807, 2.05) is 25.1 Å². The third kappa shape index (κ3) is 3.11. The molecule has 2 atom stereocenters. The summed E-state index contributed by atoms with van der Waals surface area (Å²) in [6.45, 7) is 4.45. The first-order valence-electron chi connectivity index (χ1n) is 7.76. The second-order valence-electron chi connectivity index (χ2n) is 6.40. The van der Waals surface area contributed by atoms with Crippen molar-refractivity contribution in [2.75, 3.05) is 13.1 Å². The monoisotopic (exact) mass is 289 g/mol. The van der Waals surface area contributed by atoms with Crippen LogP contribution in [0.1, 0.15) is 31.7 Å². The number of likely N-dealkylation sites (tertiary alicyclic amines) is 1. The Morgan fingerprint density at radius 1 is 1.29 bits per heavy atom. The third-order valence-corrected chi connectivity index (χ3v) is 4.79. The van der Waals surface area contributed by atoms with Crippen molar-refractivity contribution in [3.63, 3.8) is 0 Å². The summed E-state index contributed by atoms with van der Waals surface area (Å²) >= 11 is 0. The Morgan fingerprint density at radius 2 is 1.95 bits per heavy atom. The van der Waals surface area contributed by atoms with Gasteiger partial charge >= 0.3 is 5.97 Å². The van der Waals surface area contributed by atoms with Gasteiger partial charge in [0, 0.05) is 26.1 Å². The van der Waals surface area contributed by atoms with Crippen LogP contribution in [0.15, 0.2) is 30.3 Å². The quantitative estimate of drug-likeness (QED) is 0.864. The molecule has 1 aromatic carbocycles. The van der Waals surface area contributed by atoms with E-state index in [1.54, 1.807) is 0 Å². The van der Waals surface area contributed by atoms with Crippen molar-refractivity contribution in [3.8, 4) is 0 Å². The highest BCUT2D eigenvalue weighted by atomic mass is 16.6. The minimum Gasteiger partial charge on any atom is -0.462 e. The Morgan fingerprint density at radius 3 is 2.52 bits per heavy atom. The first-order valence-corrected chi connectivity index (χ1v) is 7.76. The van der Waals surface area contributed by atoms with Gasteiger partial charge in [0.15, 0.2) is 0 Å². The van der Waals surface area contributed by atoms with Crippen LogP contribution in [0.4, 0.5) is 0 Å². The van der Waals surface area contributed by atoms with Crippen molar-refractivity contribution < 1.29 is 14.6 Å². The normalized spacial score (nSPS) is 29.3. The van der Waals surface area contributed by atoms with E-state index in [9.17, 15) is 9.90 Å². The van der Waals surface area contributed by atoms with Gasteiger partial charge in [0.1, 0.15) is 0 Å². The summed E-state index contributed by atoms with van der Waals surface area (Å²) in [5.41, 5.74) is 0.409. The number of piperidine rings is 1. The topological polar surface area (TPSA) is 49.8 Å². The lowest BCUT2D eigenvalue weighted by molar-refractivity contribution is -0.153. The summed E-state index contributed by atoms with van der Waals surface area (Å²) in [6, 6.07) is 10.4. The maximum absolute atomic E-state index is 11.9. The van der Waals surface area contributed by atoms with Gasteiger partial charge in [-0.15, -0.1) is 0 Å². The van der Waals surface area contributed by atoms with Crippen molar-refractivity contribution in [2.24, 2.45) is 5.92 Å². The minimum atomic E-state index is -0.880. The van der Waals surface area contributed by atoms with E-state index in [1.165, 1.54) is 5.56 Å². The summed E-state index contributed by atoms with van der Waals surface area (Å²) < 4.78 is 5.20. The maximum Gasteiger partial charge on any atom is 0.312 e. The fourth-order valence-corrected chi connectivity index (χ4v) is 3.48. The van der Waals surface area contributed by atoms with Crippen molar-refractivity contribution >= 4 is 5.97 Å². The Kier molecular flexibility index (Phi) is 4.00. The van der Waals surface area contributed by atoms with E-state index in [-0.39, 0.29) is 18.0 Å². The highest BCUT2D eigenvalue weighted by Gasteiger charge is 2.48. The van der Waals surface area contributed by atoms with Crippen LogP contribution in [0.2, 0.25) is 0 Å². The molecule has 114 valence electrons. The molecule has 4 nitrogen and oxygen atoms in total. The van der Waals surface area contributed by atoms with E-state index in [4.69, 9.17) is 4.74 Å². The number of carbonyl (C=O) groups excluding carboxylic acids is 1. The second-order valence-corrected chi connectivity index (χ2v) is 6.40. The molecule has 0 aliphatic carbocycles. The highest BCUT2D eigenvalue weighted by Crippen LogP contribution is 2.37. The molecule has 2 heterocycles. The van der Waals surface area contributed by atoms with Gasteiger partial charge < -0.3 is 9.84 Å². The molecule has 1 aromatic rings. The van der Waals surface area contributed by atoms with Gasteiger partial charge in [-0.1, -0.05) is 30.3 Å². The van der Waals surface area contributed by atoms with E-state index in [0.29, 0.717) is 19.3 Å². The van der Waals surface area contributed by atoms with Crippen molar-refractivity contribution in [1.82, 2.24) is 4.90 Å². The van der Waals surface area contributed by atoms with Crippen molar-refractivity contribution in [2.45, 2.75) is 44.4 Å². The molecule has 2 saturated heterocycles. The molecule has 0 amide bonds. The number of hydrogen-bond donors (Lipinski definition) is 1. The van der Waals surface area contributed by atoms with Gasteiger partial charge in [-0.3, -0.25) is 9.69 Å². The number of ether oxygens (including phenoxy) is 1. The molecule has 0 aromatic heterocycles.